The van der Waals surface area contributed by atoms with Crippen molar-refractivity contribution in [3.05, 3.63) is 35.4 Å². The number of hydrogen-bond acceptors (Lipinski definition) is 4. The number of aliphatic hydroxyl groups excluding tert-OH is 1. The van der Waals surface area contributed by atoms with Gasteiger partial charge in [0.05, 0.1) is 13.2 Å². The second kappa shape index (κ2) is 8.87. The Bertz CT molecular complexity index is 776. The SMILES string of the molecule is CN(C)CC#Cc1ccc([C@@H]2[C@@H](CO)N3CCCCN(C(=O)C4CC4)C[C@H]23)cc1. The topological polar surface area (TPSA) is 47.0 Å². The third-order valence-corrected chi connectivity index (χ3v) is 6.53. The molecule has 4 rings (SSSR count). The van der Waals surface area contributed by atoms with E-state index in [1.54, 1.807) is 0 Å². The number of carbonyl (C=O) groups excluding carboxylic acids is 1. The van der Waals surface area contributed by atoms with Crippen molar-refractivity contribution in [1.29, 1.82) is 0 Å². The summed E-state index contributed by atoms with van der Waals surface area (Å²) in [5.74, 6) is 7.29. The lowest BCUT2D eigenvalue weighted by Crippen LogP contribution is -2.68. The lowest BCUT2D eigenvalue weighted by Gasteiger charge is -2.57. The molecule has 29 heavy (non-hydrogen) atoms. The highest BCUT2D eigenvalue weighted by Gasteiger charge is 2.50. The average molecular weight is 396 g/mol. The van der Waals surface area contributed by atoms with Crippen LogP contribution in [0.1, 0.15) is 42.7 Å². The van der Waals surface area contributed by atoms with E-state index >= 15 is 0 Å². The van der Waals surface area contributed by atoms with E-state index in [0.717, 1.165) is 57.4 Å². The number of carbonyl (C=O) groups is 1. The number of fused-ring (bicyclic) bond motifs is 1. The first kappa shape index (κ1) is 20.4. The summed E-state index contributed by atoms with van der Waals surface area (Å²) in [6.45, 7) is 3.62. The Morgan fingerprint density at radius 3 is 2.55 bits per heavy atom. The molecule has 0 unspecified atom stereocenters. The molecule has 3 aliphatic rings. The van der Waals surface area contributed by atoms with Crippen LogP contribution in [0.25, 0.3) is 0 Å². The smallest absolute Gasteiger partial charge is 0.225 e. The molecule has 3 atom stereocenters. The minimum absolute atomic E-state index is 0.154. The predicted octanol–water partition coefficient (Wildman–Crippen LogP) is 1.76. The number of benzene rings is 1. The second-order valence-electron chi connectivity index (χ2n) is 9.01. The maximum Gasteiger partial charge on any atom is 0.225 e. The van der Waals surface area contributed by atoms with Gasteiger partial charge in [-0.25, -0.2) is 0 Å². The second-order valence-corrected chi connectivity index (χ2v) is 9.01. The van der Waals surface area contributed by atoms with Gasteiger partial charge >= 0.3 is 0 Å². The van der Waals surface area contributed by atoms with Crippen molar-refractivity contribution >= 4 is 5.91 Å². The molecule has 2 aliphatic heterocycles. The molecule has 5 nitrogen and oxygen atoms in total. The van der Waals surface area contributed by atoms with Gasteiger partial charge in [0.25, 0.3) is 0 Å². The van der Waals surface area contributed by atoms with Gasteiger partial charge < -0.3 is 10.0 Å². The van der Waals surface area contributed by atoms with Crippen molar-refractivity contribution < 1.29 is 9.90 Å². The summed E-state index contributed by atoms with van der Waals surface area (Å²) in [6, 6.07) is 8.96. The number of hydrogen-bond donors (Lipinski definition) is 1. The molecule has 1 N–H and O–H groups in total. The minimum atomic E-state index is 0.154. The lowest BCUT2D eigenvalue weighted by atomic mass is 9.74. The van der Waals surface area contributed by atoms with Crippen molar-refractivity contribution in [2.75, 3.05) is 46.9 Å². The number of amides is 1. The van der Waals surface area contributed by atoms with E-state index in [0.29, 0.717) is 11.9 Å². The van der Waals surface area contributed by atoms with Crippen LogP contribution in [-0.4, -0.2) is 84.7 Å². The summed E-state index contributed by atoms with van der Waals surface area (Å²) < 4.78 is 0. The molecule has 156 valence electrons. The van der Waals surface area contributed by atoms with Crippen molar-refractivity contribution in [2.24, 2.45) is 5.92 Å². The van der Waals surface area contributed by atoms with Crippen LogP contribution in [0, 0.1) is 17.8 Å². The Hall–Kier alpha value is -1.87. The molecule has 1 saturated carbocycles. The van der Waals surface area contributed by atoms with Gasteiger partial charge in [0.15, 0.2) is 0 Å². The summed E-state index contributed by atoms with van der Waals surface area (Å²) in [5.41, 5.74) is 2.28. The van der Waals surface area contributed by atoms with Crippen LogP contribution in [0.5, 0.6) is 0 Å². The standard InChI is InChI=1S/C24H33N3O2/c1-25(2)13-5-6-18-7-9-19(10-8-18)23-21-16-26(24(29)20-11-12-20)14-3-4-15-27(21)22(23)17-28/h7-10,20-23,28H,3-4,11-17H2,1-2H3/t21-,22-,23+/m1/s1. The van der Waals surface area contributed by atoms with Gasteiger partial charge in [0, 0.05) is 42.6 Å². The van der Waals surface area contributed by atoms with E-state index in [1.165, 1.54) is 5.56 Å². The van der Waals surface area contributed by atoms with Gasteiger partial charge in [-0.1, -0.05) is 24.0 Å². The van der Waals surface area contributed by atoms with E-state index in [4.69, 9.17) is 0 Å². The quantitative estimate of drug-likeness (QED) is 0.790. The van der Waals surface area contributed by atoms with Crippen molar-refractivity contribution in [2.45, 2.75) is 43.7 Å². The molecule has 1 aliphatic carbocycles. The molecule has 0 aromatic heterocycles. The predicted molar refractivity (Wildman–Crippen MR) is 115 cm³/mol. The Labute approximate surface area is 174 Å². The monoisotopic (exact) mass is 395 g/mol. The fourth-order valence-electron chi connectivity index (χ4n) is 4.82. The van der Waals surface area contributed by atoms with Gasteiger partial charge in [-0.3, -0.25) is 14.6 Å². The maximum absolute atomic E-state index is 12.7. The molecule has 2 heterocycles. The Morgan fingerprint density at radius 2 is 1.90 bits per heavy atom. The molecule has 0 bridgehead atoms. The van der Waals surface area contributed by atoms with Gasteiger partial charge in [0.2, 0.25) is 5.91 Å². The van der Waals surface area contributed by atoms with Gasteiger partial charge in [-0.05, 0) is 64.0 Å². The third-order valence-electron chi connectivity index (χ3n) is 6.53. The minimum Gasteiger partial charge on any atom is -0.395 e. The maximum atomic E-state index is 12.7. The zero-order chi connectivity index (χ0) is 20.4. The summed E-state index contributed by atoms with van der Waals surface area (Å²) in [5, 5.41) is 10.1. The van der Waals surface area contributed by atoms with Crippen LogP contribution >= 0.6 is 0 Å². The summed E-state index contributed by atoms with van der Waals surface area (Å²) >= 11 is 0. The van der Waals surface area contributed by atoms with Gasteiger partial charge in [-0.2, -0.15) is 0 Å². The van der Waals surface area contributed by atoms with Crippen LogP contribution in [0.15, 0.2) is 24.3 Å². The van der Waals surface area contributed by atoms with E-state index in [9.17, 15) is 9.90 Å². The largest absolute Gasteiger partial charge is 0.395 e. The lowest BCUT2D eigenvalue weighted by molar-refractivity contribution is -0.137. The molecule has 5 heteroatoms. The molecular weight excluding hydrogens is 362 g/mol. The molecule has 1 amide bonds. The molecule has 0 spiro atoms. The number of nitrogens with zero attached hydrogens (tertiary/aromatic N) is 3. The zero-order valence-electron chi connectivity index (χ0n) is 17.7. The Balaban J connectivity index is 1.50. The van der Waals surface area contributed by atoms with Gasteiger partial charge in [-0.15, -0.1) is 0 Å². The summed E-state index contributed by atoms with van der Waals surface area (Å²) in [7, 11) is 4.03. The fourth-order valence-corrected chi connectivity index (χ4v) is 4.82. The summed E-state index contributed by atoms with van der Waals surface area (Å²) in [6.07, 6.45) is 4.27. The van der Waals surface area contributed by atoms with Crippen LogP contribution in [-0.2, 0) is 4.79 Å². The highest BCUT2D eigenvalue weighted by molar-refractivity contribution is 5.81. The van der Waals surface area contributed by atoms with E-state index < -0.39 is 0 Å². The number of aliphatic hydroxyl groups is 1. The Morgan fingerprint density at radius 1 is 1.17 bits per heavy atom. The molecule has 1 aromatic rings. The van der Waals surface area contributed by atoms with Crippen LogP contribution in [0.2, 0.25) is 0 Å². The van der Waals surface area contributed by atoms with Crippen LogP contribution in [0.4, 0.5) is 0 Å². The molecule has 1 aromatic carbocycles. The molecule has 3 fully saturated rings. The fraction of sp³-hybridized carbons (Fsp3) is 0.625. The number of rotatable bonds is 4. The van der Waals surface area contributed by atoms with E-state index in [-0.39, 0.29) is 24.5 Å². The van der Waals surface area contributed by atoms with Crippen molar-refractivity contribution in [1.82, 2.24) is 14.7 Å². The summed E-state index contributed by atoms with van der Waals surface area (Å²) in [4.78, 5) is 19.3. The molecular formula is C24H33N3O2. The van der Waals surface area contributed by atoms with Crippen LogP contribution in [0.3, 0.4) is 0 Å². The van der Waals surface area contributed by atoms with Crippen molar-refractivity contribution in [3.63, 3.8) is 0 Å². The first-order valence-electron chi connectivity index (χ1n) is 11.0. The molecule has 2 saturated heterocycles. The first-order chi connectivity index (χ1) is 14.1. The Kier molecular flexibility index (Phi) is 6.24. The molecule has 0 radical (unpaired) electrons. The average Bonchev–Trinajstić information content (AvgIpc) is 3.52. The van der Waals surface area contributed by atoms with E-state index in [2.05, 4.69) is 50.8 Å². The highest BCUT2D eigenvalue weighted by atomic mass is 16.3. The first-order valence-corrected chi connectivity index (χ1v) is 11.0. The third kappa shape index (κ3) is 4.50. The highest BCUT2D eigenvalue weighted by Crippen LogP contribution is 2.42. The van der Waals surface area contributed by atoms with Crippen molar-refractivity contribution in [3.8, 4) is 11.8 Å². The van der Waals surface area contributed by atoms with Gasteiger partial charge in [0.1, 0.15) is 0 Å². The van der Waals surface area contributed by atoms with E-state index in [1.807, 2.05) is 14.1 Å². The normalized spacial score (nSPS) is 27.3. The van der Waals surface area contributed by atoms with Crippen LogP contribution < -0.4 is 0 Å². The zero-order valence-corrected chi connectivity index (χ0v) is 17.7.